The molecular weight excluding hydrogens is 360 g/mol. The van der Waals surface area contributed by atoms with Crippen LogP contribution in [0.4, 0.5) is 0 Å². The molecule has 27 heavy (non-hydrogen) atoms. The van der Waals surface area contributed by atoms with E-state index in [-0.39, 0.29) is 5.91 Å². The third-order valence-corrected chi connectivity index (χ3v) is 7.36. The van der Waals surface area contributed by atoms with Gasteiger partial charge in [-0.25, -0.2) is 8.42 Å². The van der Waals surface area contributed by atoms with Gasteiger partial charge < -0.3 is 4.90 Å². The minimum atomic E-state index is -3.55. The summed E-state index contributed by atoms with van der Waals surface area (Å²) in [5.41, 5.74) is 4.42. The van der Waals surface area contributed by atoms with Crippen molar-refractivity contribution in [2.45, 2.75) is 32.6 Å². The molecule has 1 amide bonds. The second-order valence-corrected chi connectivity index (χ2v) is 9.12. The number of carbonyl (C=O) groups is 1. The fourth-order valence-electron chi connectivity index (χ4n) is 3.41. The second-order valence-electron chi connectivity index (χ2n) is 7.21. The Morgan fingerprint density at radius 1 is 0.889 bits per heavy atom. The molecule has 0 aromatic heterocycles. The van der Waals surface area contributed by atoms with Crippen LogP contribution in [0.15, 0.2) is 41.3 Å². The van der Waals surface area contributed by atoms with Gasteiger partial charge in [0, 0.05) is 31.7 Å². The number of carbonyl (C=O) groups excluding carboxylic acids is 1. The first-order valence-electron chi connectivity index (χ1n) is 9.14. The number of nitrogens with zero attached hydrogens (tertiary/aromatic N) is 2. The van der Waals surface area contributed by atoms with Crippen molar-refractivity contribution in [2.24, 2.45) is 0 Å². The number of hydrogen-bond donors (Lipinski definition) is 0. The Hall–Kier alpha value is -2.18. The maximum atomic E-state index is 13.0. The third-order valence-electron chi connectivity index (χ3n) is 5.32. The standard InChI is InChI=1S/C21H26N2O3S/c1-15-8-9-17(3)20(14-15)27(25,26)23-12-10-22(11-13-23)21(24)19-7-5-6-16(2)18(19)4/h5-9,14H,10-13H2,1-4H3. The van der Waals surface area contributed by atoms with Gasteiger partial charge in [-0.05, 0) is 62.1 Å². The maximum Gasteiger partial charge on any atom is 0.254 e. The van der Waals surface area contributed by atoms with Crippen LogP contribution in [-0.4, -0.2) is 49.7 Å². The van der Waals surface area contributed by atoms with Gasteiger partial charge in [-0.3, -0.25) is 4.79 Å². The average molecular weight is 387 g/mol. The van der Waals surface area contributed by atoms with Crippen LogP contribution in [0, 0.1) is 27.7 Å². The highest BCUT2D eigenvalue weighted by Crippen LogP contribution is 2.23. The molecule has 0 atom stereocenters. The Kier molecular flexibility index (Phi) is 5.40. The van der Waals surface area contributed by atoms with Crippen LogP contribution in [0.2, 0.25) is 0 Å². The van der Waals surface area contributed by atoms with Crippen molar-refractivity contribution in [3.8, 4) is 0 Å². The Morgan fingerprint density at radius 2 is 1.56 bits per heavy atom. The van der Waals surface area contributed by atoms with E-state index >= 15 is 0 Å². The molecule has 0 aliphatic carbocycles. The molecule has 0 unspecified atom stereocenters. The van der Waals surface area contributed by atoms with Crippen molar-refractivity contribution >= 4 is 15.9 Å². The lowest BCUT2D eigenvalue weighted by Crippen LogP contribution is -2.50. The first-order valence-corrected chi connectivity index (χ1v) is 10.6. The van der Waals surface area contributed by atoms with Gasteiger partial charge in [0.25, 0.3) is 5.91 Å². The van der Waals surface area contributed by atoms with E-state index in [2.05, 4.69) is 0 Å². The van der Waals surface area contributed by atoms with E-state index in [9.17, 15) is 13.2 Å². The van der Waals surface area contributed by atoms with E-state index in [0.717, 1.165) is 22.3 Å². The number of piperazine rings is 1. The molecule has 1 saturated heterocycles. The van der Waals surface area contributed by atoms with E-state index in [1.165, 1.54) is 4.31 Å². The molecular formula is C21H26N2O3S. The number of hydrogen-bond acceptors (Lipinski definition) is 3. The van der Waals surface area contributed by atoms with Gasteiger partial charge >= 0.3 is 0 Å². The van der Waals surface area contributed by atoms with E-state index in [0.29, 0.717) is 36.6 Å². The summed E-state index contributed by atoms with van der Waals surface area (Å²) in [6, 6.07) is 11.2. The number of rotatable bonds is 3. The lowest BCUT2D eigenvalue weighted by Gasteiger charge is -2.34. The predicted molar refractivity (Wildman–Crippen MR) is 106 cm³/mol. The quantitative estimate of drug-likeness (QED) is 0.815. The summed E-state index contributed by atoms with van der Waals surface area (Å²) in [5, 5.41) is 0. The molecule has 1 heterocycles. The first-order chi connectivity index (χ1) is 12.7. The number of aryl methyl sites for hydroxylation is 3. The molecule has 5 nitrogen and oxygen atoms in total. The van der Waals surface area contributed by atoms with Crippen LogP contribution in [0.3, 0.4) is 0 Å². The van der Waals surface area contributed by atoms with Gasteiger partial charge in [-0.1, -0.05) is 24.3 Å². The summed E-state index contributed by atoms with van der Waals surface area (Å²) in [4.78, 5) is 15.0. The molecule has 6 heteroatoms. The van der Waals surface area contributed by atoms with Crippen LogP contribution in [-0.2, 0) is 10.0 Å². The van der Waals surface area contributed by atoms with E-state index in [4.69, 9.17) is 0 Å². The fourth-order valence-corrected chi connectivity index (χ4v) is 5.14. The van der Waals surface area contributed by atoms with Crippen molar-refractivity contribution in [3.63, 3.8) is 0 Å². The second kappa shape index (κ2) is 7.44. The highest BCUT2D eigenvalue weighted by molar-refractivity contribution is 7.89. The Balaban J connectivity index is 1.76. The molecule has 1 aliphatic rings. The molecule has 3 rings (SSSR count). The minimum Gasteiger partial charge on any atom is -0.336 e. The lowest BCUT2D eigenvalue weighted by atomic mass is 10.0. The topological polar surface area (TPSA) is 57.7 Å². The summed E-state index contributed by atoms with van der Waals surface area (Å²) in [7, 11) is -3.55. The van der Waals surface area contributed by atoms with Crippen molar-refractivity contribution in [1.82, 2.24) is 9.21 Å². The first kappa shape index (κ1) is 19.6. The van der Waals surface area contributed by atoms with Gasteiger partial charge in [0.15, 0.2) is 0 Å². The average Bonchev–Trinajstić information content (AvgIpc) is 2.65. The molecule has 0 N–H and O–H groups in total. The molecule has 2 aromatic rings. The fraction of sp³-hybridized carbons (Fsp3) is 0.381. The van der Waals surface area contributed by atoms with Crippen LogP contribution in [0.1, 0.15) is 32.6 Å². The van der Waals surface area contributed by atoms with Gasteiger partial charge in [-0.2, -0.15) is 4.31 Å². The van der Waals surface area contributed by atoms with Gasteiger partial charge in [-0.15, -0.1) is 0 Å². The number of benzene rings is 2. The van der Waals surface area contributed by atoms with Crippen LogP contribution >= 0.6 is 0 Å². The Morgan fingerprint density at radius 3 is 2.22 bits per heavy atom. The number of sulfonamides is 1. The zero-order chi connectivity index (χ0) is 19.8. The summed E-state index contributed by atoms with van der Waals surface area (Å²) in [6.07, 6.45) is 0. The van der Waals surface area contributed by atoms with Gasteiger partial charge in [0.1, 0.15) is 0 Å². The SMILES string of the molecule is Cc1ccc(C)c(S(=O)(=O)N2CCN(C(=O)c3cccc(C)c3C)CC2)c1. The maximum absolute atomic E-state index is 13.0. The van der Waals surface area contributed by atoms with Crippen LogP contribution in [0.5, 0.6) is 0 Å². The monoisotopic (exact) mass is 386 g/mol. The highest BCUT2D eigenvalue weighted by Gasteiger charge is 2.31. The van der Waals surface area contributed by atoms with E-state index in [1.54, 1.807) is 11.0 Å². The summed E-state index contributed by atoms with van der Waals surface area (Å²) in [5.74, 6) is -0.0278. The highest BCUT2D eigenvalue weighted by atomic mass is 32.2. The summed E-state index contributed by atoms with van der Waals surface area (Å²) < 4.78 is 27.5. The van der Waals surface area contributed by atoms with Crippen molar-refractivity contribution in [3.05, 3.63) is 64.2 Å². The molecule has 0 spiro atoms. The van der Waals surface area contributed by atoms with E-state index < -0.39 is 10.0 Å². The zero-order valence-electron chi connectivity index (χ0n) is 16.3. The lowest BCUT2D eigenvalue weighted by molar-refractivity contribution is 0.0697. The van der Waals surface area contributed by atoms with Crippen molar-refractivity contribution < 1.29 is 13.2 Å². The van der Waals surface area contributed by atoms with Crippen LogP contribution < -0.4 is 0 Å². The normalized spacial score (nSPS) is 15.8. The predicted octanol–water partition coefficient (Wildman–Crippen LogP) is 3.07. The Bertz CT molecular complexity index is 975. The van der Waals surface area contributed by atoms with Gasteiger partial charge in [0.05, 0.1) is 4.90 Å². The molecule has 1 fully saturated rings. The molecule has 144 valence electrons. The van der Waals surface area contributed by atoms with E-state index in [1.807, 2.05) is 58.0 Å². The smallest absolute Gasteiger partial charge is 0.254 e. The molecule has 0 saturated carbocycles. The Labute approximate surface area is 161 Å². The summed E-state index contributed by atoms with van der Waals surface area (Å²) >= 11 is 0. The van der Waals surface area contributed by atoms with Crippen molar-refractivity contribution in [2.75, 3.05) is 26.2 Å². The number of amides is 1. The molecule has 0 radical (unpaired) electrons. The van der Waals surface area contributed by atoms with Crippen molar-refractivity contribution in [1.29, 1.82) is 0 Å². The summed E-state index contributed by atoms with van der Waals surface area (Å²) in [6.45, 7) is 9.06. The minimum absolute atomic E-state index is 0.0278. The molecule has 0 bridgehead atoms. The van der Waals surface area contributed by atoms with Gasteiger partial charge in [0.2, 0.25) is 10.0 Å². The van der Waals surface area contributed by atoms with Crippen LogP contribution in [0.25, 0.3) is 0 Å². The molecule has 1 aliphatic heterocycles. The molecule has 2 aromatic carbocycles. The third kappa shape index (κ3) is 3.77. The largest absolute Gasteiger partial charge is 0.336 e. The zero-order valence-corrected chi connectivity index (χ0v) is 17.1.